The summed E-state index contributed by atoms with van der Waals surface area (Å²) in [5, 5.41) is 5.21. The fourth-order valence-electron chi connectivity index (χ4n) is 1.49. The van der Waals surface area contributed by atoms with Crippen LogP contribution in [0, 0.1) is 5.92 Å². The van der Waals surface area contributed by atoms with Crippen molar-refractivity contribution in [3.05, 3.63) is 36.3 Å². The van der Waals surface area contributed by atoms with Crippen LogP contribution in [0.1, 0.15) is 20.3 Å². The topological polar surface area (TPSA) is 120 Å². The molecule has 0 radical (unpaired) electrons. The van der Waals surface area contributed by atoms with Gasteiger partial charge in [-0.2, -0.15) is 0 Å². The summed E-state index contributed by atoms with van der Waals surface area (Å²) in [6.45, 7) is 6.24. The lowest BCUT2D eigenvalue weighted by molar-refractivity contribution is -0.166. The molecule has 1 aliphatic rings. The molecule has 0 spiro atoms. The van der Waals surface area contributed by atoms with E-state index in [0.29, 0.717) is 11.4 Å². The summed E-state index contributed by atoms with van der Waals surface area (Å²) in [6, 6.07) is 0. The highest BCUT2D eigenvalue weighted by Gasteiger charge is 2.15. The molecular weight excluding hydrogens is 332 g/mol. The van der Waals surface area contributed by atoms with Crippen LogP contribution in [0.15, 0.2) is 36.3 Å². The van der Waals surface area contributed by atoms with E-state index in [9.17, 15) is 19.2 Å². The minimum Gasteiger partial charge on any atom is -0.462 e. The maximum absolute atomic E-state index is 11.6. The van der Waals surface area contributed by atoms with Crippen LogP contribution < -0.4 is 10.6 Å². The van der Waals surface area contributed by atoms with Gasteiger partial charge in [0.1, 0.15) is 5.82 Å². The zero-order valence-electron chi connectivity index (χ0n) is 14.0. The van der Waals surface area contributed by atoms with Crippen molar-refractivity contribution in [2.75, 3.05) is 13.4 Å². The lowest BCUT2D eigenvalue weighted by Gasteiger charge is -2.16. The quantitative estimate of drug-likeness (QED) is 0.362. The Balaban J connectivity index is 2.24. The Morgan fingerprint density at radius 2 is 1.80 bits per heavy atom. The highest BCUT2D eigenvalue weighted by Crippen LogP contribution is 2.06. The predicted molar refractivity (Wildman–Crippen MR) is 85.1 cm³/mol. The highest BCUT2D eigenvalue weighted by atomic mass is 16.7. The van der Waals surface area contributed by atoms with Crippen LogP contribution in [0.4, 0.5) is 0 Å². The number of esters is 3. The number of ether oxygens (including phenoxy) is 3. The van der Waals surface area contributed by atoms with Crippen molar-refractivity contribution in [1.82, 2.24) is 10.6 Å². The zero-order chi connectivity index (χ0) is 18.8. The van der Waals surface area contributed by atoms with E-state index < -0.39 is 24.7 Å². The van der Waals surface area contributed by atoms with Gasteiger partial charge >= 0.3 is 17.9 Å². The first-order chi connectivity index (χ1) is 11.8. The van der Waals surface area contributed by atoms with Crippen LogP contribution >= 0.6 is 0 Å². The van der Waals surface area contributed by atoms with Crippen molar-refractivity contribution in [3.63, 3.8) is 0 Å². The molecule has 1 amide bonds. The third-order valence-corrected chi connectivity index (χ3v) is 2.82. The monoisotopic (exact) mass is 352 g/mol. The van der Waals surface area contributed by atoms with Gasteiger partial charge in [-0.05, 0) is 0 Å². The predicted octanol–water partition coefficient (Wildman–Crippen LogP) is 0.250. The minimum absolute atomic E-state index is 0.0440. The highest BCUT2D eigenvalue weighted by molar-refractivity contribution is 5.95. The summed E-state index contributed by atoms with van der Waals surface area (Å²) in [5.74, 6) is -2.42. The normalized spacial score (nSPS) is 13.8. The Bertz CT molecular complexity index is 620. The largest absolute Gasteiger partial charge is 0.462 e. The molecule has 2 N–H and O–H groups in total. The molecule has 0 aromatic carbocycles. The molecule has 9 heteroatoms. The van der Waals surface area contributed by atoms with E-state index in [1.165, 1.54) is 6.20 Å². The number of nitrogens with one attached hydrogen (secondary N) is 2. The SMILES string of the molecule is C=C1NC=C(CCOC(=O)/C=C/C(=O)OCOC(=O)C(C)C)C(=O)N1. The fraction of sp³-hybridized carbons (Fsp3) is 0.375. The third kappa shape index (κ3) is 7.82. The zero-order valence-corrected chi connectivity index (χ0v) is 14.0. The summed E-state index contributed by atoms with van der Waals surface area (Å²) in [6.07, 6.45) is 3.40. The lowest BCUT2D eigenvalue weighted by Crippen LogP contribution is -2.35. The molecular formula is C16H20N2O7. The number of hydrogen-bond donors (Lipinski definition) is 2. The molecule has 0 atom stereocenters. The Morgan fingerprint density at radius 1 is 1.16 bits per heavy atom. The van der Waals surface area contributed by atoms with Crippen LogP contribution in [-0.2, 0) is 33.4 Å². The summed E-state index contributed by atoms with van der Waals surface area (Å²) in [5.41, 5.74) is 0.399. The third-order valence-electron chi connectivity index (χ3n) is 2.82. The molecule has 0 saturated carbocycles. The molecule has 0 aliphatic carbocycles. The van der Waals surface area contributed by atoms with Crippen molar-refractivity contribution < 1.29 is 33.4 Å². The van der Waals surface area contributed by atoms with Crippen molar-refractivity contribution in [2.24, 2.45) is 5.92 Å². The Morgan fingerprint density at radius 3 is 2.40 bits per heavy atom. The van der Waals surface area contributed by atoms with Gasteiger partial charge in [-0.25, -0.2) is 9.59 Å². The first kappa shape index (κ1) is 19.9. The van der Waals surface area contributed by atoms with E-state index in [1.54, 1.807) is 13.8 Å². The van der Waals surface area contributed by atoms with Crippen LogP contribution in [0.5, 0.6) is 0 Å². The van der Waals surface area contributed by atoms with Crippen molar-refractivity contribution in [2.45, 2.75) is 20.3 Å². The Kier molecular flexibility index (Phi) is 7.91. The van der Waals surface area contributed by atoms with Crippen molar-refractivity contribution in [1.29, 1.82) is 0 Å². The second kappa shape index (κ2) is 9.91. The van der Waals surface area contributed by atoms with Gasteiger partial charge in [0.15, 0.2) is 0 Å². The van der Waals surface area contributed by atoms with E-state index in [4.69, 9.17) is 4.74 Å². The summed E-state index contributed by atoms with van der Waals surface area (Å²) >= 11 is 0. The minimum atomic E-state index is -0.856. The smallest absolute Gasteiger partial charge is 0.333 e. The fourth-order valence-corrected chi connectivity index (χ4v) is 1.49. The first-order valence-electron chi connectivity index (χ1n) is 7.43. The number of carbonyl (C=O) groups is 4. The average molecular weight is 352 g/mol. The van der Waals surface area contributed by atoms with E-state index in [0.717, 1.165) is 12.2 Å². The van der Waals surface area contributed by atoms with Gasteiger partial charge in [0.05, 0.1) is 12.5 Å². The van der Waals surface area contributed by atoms with Gasteiger partial charge in [-0.3, -0.25) is 9.59 Å². The molecule has 0 aromatic heterocycles. The van der Waals surface area contributed by atoms with Crippen molar-refractivity contribution in [3.8, 4) is 0 Å². The average Bonchev–Trinajstić information content (AvgIpc) is 2.54. The van der Waals surface area contributed by atoms with Crippen LogP contribution in [0.3, 0.4) is 0 Å². The number of amides is 1. The van der Waals surface area contributed by atoms with Gasteiger partial charge in [0.2, 0.25) is 6.79 Å². The van der Waals surface area contributed by atoms with E-state index >= 15 is 0 Å². The lowest BCUT2D eigenvalue weighted by atomic mass is 10.2. The first-order valence-corrected chi connectivity index (χ1v) is 7.43. The Labute approximate surface area is 144 Å². The van der Waals surface area contributed by atoms with Gasteiger partial charge in [0.25, 0.3) is 5.91 Å². The van der Waals surface area contributed by atoms with E-state index in [1.807, 2.05) is 0 Å². The standard InChI is InChI=1S/C16H20N2O7/c1-10(2)16(22)25-9-24-14(20)5-4-13(19)23-7-6-12-8-17-11(3)18-15(12)21/h4-5,8,10,17H,3,6-7,9H2,1-2H3,(H,18,21)/b5-4+. The maximum Gasteiger partial charge on any atom is 0.333 e. The molecule has 9 nitrogen and oxygen atoms in total. The molecule has 0 aromatic rings. The second-order valence-corrected chi connectivity index (χ2v) is 5.20. The van der Waals surface area contributed by atoms with Gasteiger partial charge in [-0.1, -0.05) is 20.4 Å². The molecule has 0 bridgehead atoms. The molecule has 25 heavy (non-hydrogen) atoms. The van der Waals surface area contributed by atoms with Crippen LogP contribution in [0.25, 0.3) is 0 Å². The number of hydrogen-bond acceptors (Lipinski definition) is 8. The summed E-state index contributed by atoms with van der Waals surface area (Å²) < 4.78 is 14.1. The molecule has 1 rings (SSSR count). The number of rotatable bonds is 8. The molecule has 136 valence electrons. The van der Waals surface area contributed by atoms with Gasteiger partial charge in [0, 0.05) is 30.3 Å². The number of carbonyl (C=O) groups excluding carboxylic acids is 4. The van der Waals surface area contributed by atoms with Gasteiger partial charge in [-0.15, -0.1) is 0 Å². The second-order valence-electron chi connectivity index (χ2n) is 5.20. The van der Waals surface area contributed by atoms with Crippen LogP contribution in [-0.4, -0.2) is 37.2 Å². The van der Waals surface area contributed by atoms with E-state index in [-0.39, 0.29) is 24.9 Å². The summed E-state index contributed by atoms with van der Waals surface area (Å²) in [7, 11) is 0. The van der Waals surface area contributed by atoms with Gasteiger partial charge < -0.3 is 24.8 Å². The van der Waals surface area contributed by atoms with Crippen molar-refractivity contribution >= 4 is 23.8 Å². The maximum atomic E-state index is 11.6. The van der Waals surface area contributed by atoms with Crippen LogP contribution in [0.2, 0.25) is 0 Å². The van der Waals surface area contributed by atoms with E-state index in [2.05, 4.69) is 26.7 Å². The molecule has 0 unspecified atom stereocenters. The molecule has 1 aliphatic heterocycles. The summed E-state index contributed by atoms with van der Waals surface area (Å²) in [4.78, 5) is 45.4. The molecule has 0 saturated heterocycles. The molecule has 1 heterocycles. The Hall–Kier alpha value is -3.10. The molecule has 0 fully saturated rings.